The first-order valence-electron chi connectivity index (χ1n) is 8.12. The molecule has 1 N–H and O–H groups in total. The van der Waals surface area contributed by atoms with Gasteiger partial charge < -0.3 is 19.5 Å². The van der Waals surface area contributed by atoms with Crippen molar-refractivity contribution in [3.63, 3.8) is 0 Å². The number of nitrogens with zero attached hydrogens (tertiary/aromatic N) is 4. The number of hydrogen-bond acceptors (Lipinski definition) is 4. The molecule has 1 saturated heterocycles. The number of aromatic nitrogens is 2. The van der Waals surface area contributed by atoms with E-state index < -0.39 is 0 Å². The number of amides is 2. The van der Waals surface area contributed by atoms with Gasteiger partial charge in [0.1, 0.15) is 5.75 Å². The van der Waals surface area contributed by atoms with E-state index in [1.807, 2.05) is 41.7 Å². The molecule has 0 spiro atoms. The second-order valence-corrected chi connectivity index (χ2v) is 5.79. The van der Waals surface area contributed by atoms with Crippen LogP contribution in [0.25, 0.3) is 0 Å². The summed E-state index contributed by atoms with van der Waals surface area (Å²) in [5.41, 5.74) is 0.752. The number of anilines is 1. The van der Waals surface area contributed by atoms with Crippen LogP contribution in [0, 0.1) is 0 Å². The van der Waals surface area contributed by atoms with Gasteiger partial charge in [-0.15, -0.1) is 0 Å². The molecule has 1 aromatic carbocycles. The van der Waals surface area contributed by atoms with Crippen LogP contribution in [-0.4, -0.2) is 65.2 Å². The van der Waals surface area contributed by atoms with Crippen LogP contribution in [0.5, 0.6) is 5.75 Å². The number of methoxy groups -OCH3 is 1. The molecule has 0 radical (unpaired) electrons. The van der Waals surface area contributed by atoms with Gasteiger partial charge >= 0.3 is 6.03 Å². The van der Waals surface area contributed by atoms with Gasteiger partial charge in [-0.25, -0.2) is 9.78 Å². The fourth-order valence-corrected chi connectivity index (χ4v) is 2.75. The lowest BCUT2D eigenvalue weighted by molar-refractivity contribution is 0.144. The fourth-order valence-electron chi connectivity index (χ4n) is 2.75. The summed E-state index contributed by atoms with van der Waals surface area (Å²) in [7, 11) is 1.62. The normalized spacial score (nSPS) is 15.3. The van der Waals surface area contributed by atoms with Crippen molar-refractivity contribution in [2.24, 2.45) is 0 Å². The number of hydrogen-bond donors (Lipinski definition) is 1. The van der Waals surface area contributed by atoms with Gasteiger partial charge in [0.25, 0.3) is 0 Å². The molecule has 2 heterocycles. The van der Waals surface area contributed by atoms with Gasteiger partial charge in [0.2, 0.25) is 0 Å². The number of carbonyl (C=O) groups is 1. The molecule has 7 nitrogen and oxygen atoms in total. The maximum atomic E-state index is 12.4. The molecule has 2 amide bonds. The summed E-state index contributed by atoms with van der Waals surface area (Å²) in [5, 5.41) is 2.93. The lowest BCUT2D eigenvalue weighted by Gasteiger charge is -2.34. The molecule has 1 fully saturated rings. The Bertz CT molecular complexity index is 651. The SMILES string of the molecule is COc1cccc(NC(=O)N2CCN(CCn3ccnc3)CC2)c1. The fraction of sp³-hybridized carbons (Fsp3) is 0.412. The summed E-state index contributed by atoms with van der Waals surface area (Å²) in [6, 6.07) is 7.34. The predicted octanol–water partition coefficient (Wildman–Crippen LogP) is 1.74. The minimum atomic E-state index is -0.0579. The van der Waals surface area contributed by atoms with Crippen molar-refractivity contribution in [1.29, 1.82) is 0 Å². The van der Waals surface area contributed by atoms with E-state index in [0.29, 0.717) is 0 Å². The second-order valence-electron chi connectivity index (χ2n) is 5.79. The van der Waals surface area contributed by atoms with Crippen LogP contribution >= 0.6 is 0 Å². The molecule has 1 aliphatic rings. The van der Waals surface area contributed by atoms with Crippen molar-refractivity contribution in [3.05, 3.63) is 43.0 Å². The lowest BCUT2D eigenvalue weighted by atomic mass is 10.3. The largest absolute Gasteiger partial charge is 0.497 e. The van der Waals surface area contributed by atoms with E-state index in [0.717, 1.165) is 50.7 Å². The summed E-state index contributed by atoms with van der Waals surface area (Å²) in [4.78, 5) is 20.6. The number of ether oxygens (including phenoxy) is 1. The topological polar surface area (TPSA) is 62.6 Å². The highest BCUT2D eigenvalue weighted by Gasteiger charge is 2.20. The number of nitrogens with one attached hydrogen (secondary N) is 1. The van der Waals surface area contributed by atoms with Gasteiger partial charge in [-0.1, -0.05) is 6.07 Å². The van der Waals surface area contributed by atoms with Crippen LogP contribution < -0.4 is 10.1 Å². The molecule has 0 unspecified atom stereocenters. The van der Waals surface area contributed by atoms with Crippen molar-refractivity contribution in [2.45, 2.75) is 6.54 Å². The van der Waals surface area contributed by atoms with Crippen LogP contribution in [0.15, 0.2) is 43.0 Å². The number of benzene rings is 1. The van der Waals surface area contributed by atoms with Crippen LogP contribution in [0.2, 0.25) is 0 Å². The third-order valence-corrected chi connectivity index (χ3v) is 4.21. The van der Waals surface area contributed by atoms with Crippen molar-refractivity contribution < 1.29 is 9.53 Å². The van der Waals surface area contributed by atoms with Crippen molar-refractivity contribution in [2.75, 3.05) is 45.2 Å². The smallest absolute Gasteiger partial charge is 0.321 e. The van der Waals surface area contributed by atoms with E-state index >= 15 is 0 Å². The van der Waals surface area contributed by atoms with E-state index in [1.54, 1.807) is 13.3 Å². The zero-order valence-electron chi connectivity index (χ0n) is 13.9. The molecule has 1 aliphatic heterocycles. The minimum Gasteiger partial charge on any atom is -0.497 e. The molecule has 7 heteroatoms. The van der Waals surface area contributed by atoms with Gasteiger partial charge in [-0.3, -0.25) is 4.90 Å². The number of carbonyl (C=O) groups excluding carboxylic acids is 1. The molecule has 1 aromatic heterocycles. The summed E-state index contributed by atoms with van der Waals surface area (Å²) < 4.78 is 7.25. The van der Waals surface area contributed by atoms with Crippen LogP contribution in [-0.2, 0) is 6.54 Å². The zero-order chi connectivity index (χ0) is 16.8. The Morgan fingerprint density at radius 1 is 1.25 bits per heavy atom. The Hall–Kier alpha value is -2.54. The van der Waals surface area contributed by atoms with Gasteiger partial charge in [-0.2, -0.15) is 0 Å². The average Bonchev–Trinajstić information content (AvgIpc) is 3.14. The highest BCUT2D eigenvalue weighted by atomic mass is 16.5. The Kier molecular flexibility index (Phi) is 5.32. The molecule has 2 aromatic rings. The van der Waals surface area contributed by atoms with E-state index in [2.05, 4.69) is 19.8 Å². The van der Waals surface area contributed by atoms with E-state index in [4.69, 9.17) is 4.74 Å². The van der Waals surface area contributed by atoms with Gasteiger partial charge in [-0.05, 0) is 12.1 Å². The number of urea groups is 1. The van der Waals surface area contributed by atoms with Crippen molar-refractivity contribution >= 4 is 11.7 Å². The molecular weight excluding hydrogens is 306 g/mol. The Morgan fingerprint density at radius 2 is 2.08 bits per heavy atom. The number of imidazole rings is 1. The molecule has 0 aliphatic carbocycles. The molecule has 0 atom stereocenters. The molecular formula is C17H23N5O2. The van der Waals surface area contributed by atoms with Gasteiger partial charge in [0.15, 0.2) is 0 Å². The van der Waals surface area contributed by atoms with E-state index in [-0.39, 0.29) is 6.03 Å². The van der Waals surface area contributed by atoms with Crippen molar-refractivity contribution in [3.8, 4) is 5.75 Å². The average molecular weight is 329 g/mol. The second kappa shape index (κ2) is 7.83. The number of rotatable bonds is 5. The zero-order valence-corrected chi connectivity index (χ0v) is 13.9. The summed E-state index contributed by atoms with van der Waals surface area (Å²) in [5.74, 6) is 0.733. The first kappa shape index (κ1) is 16.3. The van der Waals surface area contributed by atoms with E-state index in [9.17, 15) is 4.79 Å². The maximum Gasteiger partial charge on any atom is 0.321 e. The highest BCUT2D eigenvalue weighted by Crippen LogP contribution is 2.17. The molecule has 0 saturated carbocycles. The van der Waals surface area contributed by atoms with Crippen molar-refractivity contribution in [1.82, 2.24) is 19.4 Å². The molecule has 0 bridgehead atoms. The van der Waals surface area contributed by atoms with E-state index in [1.165, 1.54) is 0 Å². The Labute approximate surface area is 141 Å². The summed E-state index contributed by atoms with van der Waals surface area (Å²) in [6.45, 7) is 5.15. The lowest BCUT2D eigenvalue weighted by Crippen LogP contribution is -2.50. The predicted molar refractivity (Wildman–Crippen MR) is 92.3 cm³/mol. The summed E-state index contributed by atoms with van der Waals surface area (Å²) in [6.07, 6.45) is 5.59. The highest BCUT2D eigenvalue weighted by molar-refractivity contribution is 5.89. The molecule has 24 heavy (non-hydrogen) atoms. The quantitative estimate of drug-likeness (QED) is 0.908. The monoisotopic (exact) mass is 329 g/mol. The van der Waals surface area contributed by atoms with Gasteiger partial charge in [0.05, 0.1) is 13.4 Å². The number of piperazine rings is 1. The molecule has 3 rings (SSSR count). The Morgan fingerprint density at radius 3 is 2.79 bits per heavy atom. The standard InChI is InChI=1S/C17H23N5O2/c1-24-16-4-2-3-15(13-16)19-17(23)22-11-9-20(10-12-22)7-8-21-6-5-18-14-21/h2-6,13-14H,7-12H2,1H3,(H,19,23). The third kappa shape index (κ3) is 4.26. The van der Waals surface area contributed by atoms with Crippen LogP contribution in [0.1, 0.15) is 0 Å². The van der Waals surface area contributed by atoms with Crippen LogP contribution in [0.4, 0.5) is 10.5 Å². The minimum absolute atomic E-state index is 0.0579. The third-order valence-electron chi connectivity index (χ3n) is 4.21. The van der Waals surface area contributed by atoms with Crippen LogP contribution in [0.3, 0.4) is 0 Å². The summed E-state index contributed by atoms with van der Waals surface area (Å²) >= 11 is 0. The maximum absolute atomic E-state index is 12.4. The van der Waals surface area contributed by atoms with Gasteiger partial charge in [0, 0.05) is 63.4 Å². The molecule has 128 valence electrons. The Balaban J connectivity index is 1.44. The first-order chi connectivity index (χ1) is 11.7. The first-order valence-corrected chi connectivity index (χ1v) is 8.12.